The maximum atomic E-state index is 6.50. The van der Waals surface area contributed by atoms with Gasteiger partial charge in [0, 0.05) is 27.5 Å². The number of hydrogen-bond acceptors (Lipinski definition) is 4. The Kier molecular flexibility index (Phi) is 7.11. The molecule has 0 saturated carbocycles. The SMILES string of the molecule is C1=Cc2ccc(-c3nc(-c4ccccc4)nc(-c4cccc(-c5ccccc5)c4)n3)cc2C2(c3ccccc31)c1ccccc1-c1c2ccc2oc3ccccc3c12. The summed E-state index contributed by atoms with van der Waals surface area (Å²) in [4.78, 5) is 15.6. The minimum Gasteiger partial charge on any atom is -0.456 e. The molecule has 8 aromatic carbocycles. The van der Waals surface area contributed by atoms with E-state index in [0.717, 1.165) is 55.3 Å². The molecule has 0 saturated heterocycles. The number of hydrogen-bond donors (Lipinski definition) is 0. The van der Waals surface area contributed by atoms with Crippen LogP contribution in [0.4, 0.5) is 0 Å². The van der Waals surface area contributed by atoms with Gasteiger partial charge in [0.25, 0.3) is 0 Å². The van der Waals surface area contributed by atoms with Crippen molar-refractivity contribution >= 4 is 34.1 Å². The van der Waals surface area contributed by atoms with Gasteiger partial charge in [-0.05, 0) is 79.9 Å². The second-order valence-electron chi connectivity index (χ2n) is 15.1. The number of aromatic nitrogens is 3. The molecule has 12 rings (SSSR count). The zero-order valence-corrected chi connectivity index (χ0v) is 31.3. The van der Waals surface area contributed by atoms with Gasteiger partial charge in [0.2, 0.25) is 0 Å². The van der Waals surface area contributed by atoms with Crippen molar-refractivity contribution in [3.63, 3.8) is 0 Å². The Morgan fingerprint density at radius 1 is 0.362 bits per heavy atom. The van der Waals surface area contributed by atoms with Crippen LogP contribution in [0.25, 0.3) is 90.5 Å². The van der Waals surface area contributed by atoms with Gasteiger partial charge in [-0.1, -0.05) is 176 Å². The lowest BCUT2D eigenvalue weighted by molar-refractivity contribution is 0.668. The molecule has 2 aromatic heterocycles. The van der Waals surface area contributed by atoms with E-state index in [-0.39, 0.29) is 0 Å². The van der Waals surface area contributed by atoms with Gasteiger partial charge in [-0.3, -0.25) is 0 Å². The van der Waals surface area contributed by atoms with Crippen molar-refractivity contribution in [3.8, 4) is 56.4 Å². The van der Waals surface area contributed by atoms with E-state index in [1.807, 2.05) is 30.3 Å². The third-order valence-corrected chi connectivity index (χ3v) is 12.0. The summed E-state index contributed by atoms with van der Waals surface area (Å²) in [7, 11) is 0. The van der Waals surface area contributed by atoms with E-state index in [4.69, 9.17) is 19.4 Å². The van der Waals surface area contributed by atoms with Crippen LogP contribution in [0.1, 0.15) is 33.4 Å². The normalized spacial score (nSPS) is 14.9. The summed E-state index contributed by atoms with van der Waals surface area (Å²) in [6.07, 6.45) is 4.53. The largest absolute Gasteiger partial charge is 0.456 e. The van der Waals surface area contributed by atoms with Crippen LogP contribution in [-0.2, 0) is 5.41 Å². The molecule has 1 spiro atoms. The zero-order valence-electron chi connectivity index (χ0n) is 31.3. The topological polar surface area (TPSA) is 51.8 Å². The molecule has 0 fully saturated rings. The van der Waals surface area contributed by atoms with E-state index in [9.17, 15) is 0 Å². The van der Waals surface area contributed by atoms with Gasteiger partial charge in [0.15, 0.2) is 17.5 Å². The first kappa shape index (κ1) is 32.5. The minimum atomic E-state index is -0.647. The molecular weight excluding hydrogens is 707 g/mol. The van der Waals surface area contributed by atoms with E-state index in [1.165, 1.54) is 38.9 Å². The third-order valence-electron chi connectivity index (χ3n) is 12.0. The molecule has 0 aliphatic heterocycles. The minimum absolute atomic E-state index is 0.621. The molecule has 4 nitrogen and oxygen atoms in total. The highest BCUT2D eigenvalue weighted by Gasteiger charge is 2.49. The number of nitrogens with zero attached hydrogens (tertiary/aromatic N) is 3. The van der Waals surface area contributed by atoms with Gasteiger partial charge < -0.3 is 4.42 Å². The van der Waals surface area contributed by atoms with Crippen molar-refractivity contribution in [1.29, 1.82) is 0 Å². The van der Waals surface area contributed by atoms with E-state index in [1.54, 1.807) is 0 Å². The van der Waals surface area contributed by atoms with Crippen LogP contribution in [0.5, 0.6) is 0 Å². The summed E-state index contributed by atoms with van der Waals surface area (Å²) in [5.74, 6) is 1.88. The maximum absolute atomic E-state index is 6.50. The number of fused-ring (bicyclic) bond motifs is 13. The number of benzene rings is 8. The molecule has 10 aromatic rings. The first-order valence-electron chi connectivity index (χ1n) is 19.7. The second kappa shape index (κ2) is 12.7. The average molecular weight is 740 g/mol. The van der Waals surface area contributed by atoms with Crippen LogP contribution in [0.3, 0.4) is 0 Å². The van der Waals surface area contributed by atoms with Crippen molar-refractivity contribution in [2.45, 2.75) is 5.41 Å². The summed E-state index contributed by atoms with van der Waals surface area (Å²) in [6.45, 7) is 0. The molecule has 270 valence electrons. The third kappa shape index (κ3) is 4.79. The molecular formula is C54H33N3O. The lowest BCUT2D eigenvalue weighted by Gasteiger charge is -2.35. The van der Waals surface area contributed by atoms with Crippen LogP contribution in [-0.4, -0.2) is 15.0 Å². The predicted octanol–water partition coefficient (Wildman–Crippen LogP) is 13.3. The highest BCUT2D eigenvalue weighted by Crippen LogP contribution is 2.61. The van der Waals surface area contributed by atoms with Crippen molar-refractivity contribution in [2.24, 2.45) is 0 Å². The van der Waals surface area contributed by atoms with E-state index >= 15 is 0 Å². The van der Waals surface area contributed by atoms with Gasteiger partial charge in [0.1, 0.15) is 11.2 Å². The molecule has 0 bridgehead atoms. The van der Waals surface area contributed by atoms with Crippen molar-refractivity contribution in [1.82, 2.24) is 15.0 Å². The molecule has 2 aliphatic carbocycles. The highest BCUT2D eigenvalue weighted by atomic mass is 16.3. The first-order valence-corrected chi connectivity index (χ1v) is 19.7. The Morgan fingerprint density at radius 2 is 0.966 bits per heavy atom. The van der Waals surface area contributed by atoms with E-state index in [2.05, 4.69) is 170 Å². The molecule has 0 radical (unpaired) electrons. The molecule has 4 heteroatoms. The van der Waals surface area contributed by atoms with Crippen LogP contribution in [0, 0.1) is 0 Å². The quantitative estimate of drug-likeness (QED) is 0.180. The lowest BCUT2D eigenvalue weighted by Crippen LogP contribution is -2.30. The fourth-order valence-electron chi connectivity index (χ4n) is 9.46. The number of para-hydroxylation sites is 1. The summed E-state index contributed by atoms with van der Waals surface area (Å²) >= 11 is 0. The molecule has 58 heavy (non-hydrogen) atoms. The standard InChI is InChI=1S/C54H33N3O/c1-3-14-34(15-4-1)38-19-13-20-39(32-38)52-55-51(37-17-5-2-6-18-37)56-53(57-52)40-29-28-36-27-26-35-16-7-10-23-43(35)54(46(36)33-40)44-24-11-8-21-41(44)49-45(54)30-31-48-50(49)42-22-9-12-25-47(42)58-48/h1-33H. The molecule has 0 amide bonds. The fourth-order valence-corrected chi connectivity index (χ4v) is 9.46. The van der Waals surface area contributed by atoms with E-state index < -0.39 is 5.41 Å². The molecule has 1 unspecified atom stereocenters. The Labute approximate surface area is 335 Å². The van der Waals surface area contributed by atoms with Crippen molar-refractivity contribution in [2.75, 3.05) is 0 Å². The van der Waals surface area contributed by atoms with Crippen molar-refractivity contribution in [3.05, 3.63) is 221 Å². The van der Waals surface area contributed by atoms with E-state index in [0.29, 0.717) is 17.5 Å². The molecule has 2 aliphatic rings. The fraction of sp³-hybridized carbons (Fsp3) is 0.0185. The number of furan rings is 1. The van der Waals surface area contributed by atoms with Crippen LogP contribution >= 0.6 is 0 Å². The predicted molar refractivity (Wildman–Crippen MR) is 235 cm³/mol. The number of rotatable bonds is 4. The maximum Gasteiger partial charge on any atom is 0.164 e. The molecule has 1 atom stereocenters. The smallest absolute Gasteiger partial charge is 0.164 e. The Morgan fingerprint density at radius 3 is 1.78 bits per heavy atom. The zero-order chi connectivity index (χ0) is 38.2. The molecule has 0 N–H and O–H groups in total. The van der Waals surface area contributed by atoms with Gasteiger partial charge in [-0.25, -0.2) is 15.0 Å². The molecule has 2 heterocycles. The lowest BCUT2D eigenvalue weighted by atomic mass is 9.65. The van der Waals surface area contributed by atoms with Gasteiger partial charge in [-0.15, -0.1) is 0 Å². The summed E-state index contributed by atoms with van der Waals surface area (Å²) < 4.78 is 6.50. The first-order chi connectivity index (χ1) is 28.7. The summed E-state index contributed by atoms with van der Waals surface area (Å²) in [6, 6.07) is 66.5. The van der Waals surface area contributed by atoms with Gasteiger partial charge in [-0.2, -0.15) is 0 Å². The highest BCUT2D eigenvalue weighted by molar-refractivity contribution is 6.15. The summed E-state index contributed by atoms with van der Waals surface area (Å²) in [5.41, 5.74) is 15.8. The van der Waals surface area contributed by atoms with Crippen LogP contribution in [0.15, 0.2) is 192 Å². The van der Waals surface area contributed by atoms with Crippen molar-refractivity contribution < 1.29 is 4.42 Å². The second-order valence-corrected chi connectivity index (χ2v) is 15.1. The Balaban J connectivity index is 1.13. The van der Waals surface area contributed by atoms with Gasteiger partial charge >= 0.3 is 0 Å². The Bertz CT molecular complexity index is 3290. The van der Waals surface area contributed by atoms with Crippen LogP contribution < -0.4 is 0 Å². The summed E-state index contributed by atoms with van der Waals surface area (Å²) in [5, 5.41) is 2.27. The van der Waals surface area contributed by atoms with Gasteiger partial charge in [0.05, 0.1) is 5.41 Å². The average Bonchev–Trinajstić information content (AvgIpc) is 3.77. The van der Waals surface area contributed by atoms with Crippen LogP contribution in [0.2, 0.25) is 0 Å². The Hall–Kier alpha value is -7.69. The monoisotopic (exact) mass is 739 g/mol.